The summed E-state index contributed by atoms with van der Waals surface area (Å²) in [6.07, 6.45) is -1.12. The van der Waals surface area contributed by atoms with Gasteiger partial charge in [-0.15, -0.1) is 0 Å². The van der Waals surface area contributed by atoms with E-state index in [1.165, 1.54) is 24.3 Å². The maximum Gasteiger partial charge on any atom is 0.418 e. The second-order valence-electron chi connectivity index (χ2n) is 7.09. The molecule has 4 rings (SSSR count). The first-order valence-electron chi connectivity index (χ1n) is 9.50. The predicted molar refractivity (Wildman–Crippen MR) is 105 cm³/mol. The van der Waals surface area contributed by atoms with Crippen LogP contribution in [0.4, 0.5) is 18.9 Å². The van der Waals surface area contributed by atoms with Crippen molar-refractivity contribution in [3.8, 4) is 5.75 Å². The van der Waals surface area contributed by atoms with Crippen molar-refractivity contribution in [2.45, 2.75) is 31.9 Å². The fourth-order valence-corrected chi connectivity index (χ4v) is 3.69. The van der Waals surface area contributed by atoms with Crippen molar-refractivity contribution in [3.63, 3.8) is 0 Å². The molecular formula is C22H18F3NO4. The molecule has 30 heavy (non-hydrogen) atoms. The zero-order chi connectivity index (χ0) is 21.3. The Bertz CT molecular complexity index is 1170. The van der Waals surface area contributed by atoms with Crippen molar-refractivity contribution in [3.05, 3.63) is 69.6 Å². The van der Waals surface area contributed by atoms with Crippen LogP contribution in [0.2, 0.25) is 0 Å². The van der Waals surface area contributed by atoms with E-state index in [2.05, 4.69) is 5.32 Å². The van der Waals surface area contributed by atoms with E-state index < -0.39 is 24.3 Å². The highest BCUT2D eigenvalue weighted by atomic mass is 19.4. The topological polar surface area (TPSA) is 68.5 Å². The number of amides is 1. The molecule has 2 aromatic carbocycles. The van der Waals surface area contributed by atoms with E-state index in [0.29, 0.717) is 17.6 Å². The van der Waals surface area contributed by atoms with Gasteiger partial charge in [-0.25, -0.2) is 4.79 Å². The average Bonchev–Trinajstić information content (AvgIpc) is 2.72. The molecule has 1 heterocycles. The number of carbonyl (C=O) groups is 1. The third kappa shape index (κ3) is 4.03. The van der Waals surface area contributed by atoms with Crippen molar-refractivity contribution in [2.24, 2.45) is 0 Å². The molecule has 0 bridgehead atoms. The van der Waals surface area contributed by atoms with Crippen LogP contribution in [0.15, 0.2) is 51.7 Å². The first kappa shape index (κ1) is 20.0. The third-order valence-corrected chi connectivity index (χ3v) is 5.07. The lowest BCUT2D eigenvalue weighted by molar-refractivity contribution is -0.137. The Hall–Kier alpha value is -3.29. The van der Waals surface area contributed by atoms with Gasteiger partial charge in [-0.1, -0.05) is 12.1 Å². The van der Waals surface area contributed by atoms with E-state index in [9.17, 15) is 22.8 Å². The Kier molecular flexibility index (Phi) is 5.24. The number of para-hydroxylation sites is 1. The summed E-state index contributed by atoms with van der Waals surface area (Å²) in [5, 5.41) is 3.05. The van der Waals surface area contributed by atoms with Gasteiger partial charge in [-0.3, -0.25) is 4.79 Å². The highest BCUT2D eigenvalue weighted by Gasteiger charge is 2.33. The number of alkyl halides is 3. The zero-order valence-electron chi connectivity index (χ0n) is 15.8. The molecule has 3 aromatic rings. The Morgan fingerprint density at radius 3 is 2.57 bits per heavy atom. The maximum atomic E-state index is 13.0. The number of nitrogens with one attached hydrogen (secondary N) is 1. The minimum atomic E-state index is -4.58. The molecule has 0 saturated heterocycles. The highest BCUT2D eigenvalue weighted by Crippen LogP contribution is 2.34. The molecule has 156 valence electrons. The van der Waals surface area contributed by atoms with Gasteiger partial charge < -0.3 is 14.5 Å². The first-order valence-corrected chi connectivity index (χ1v) is 9.50. The SMILES string of the molecule is O=C(COc1ccc2c3c(c(=O)oc2c1)CCCC3)Nc1ccccc1C(F)(F)F. The molecule has 0 atom stereocenters. The van der Waals surface area contributed by atoms with Crippen LogP contribution >= 0.6 is 0 Å². The minimum absolute atomic E-state index is 0.278. The summed E-state index contributed by atoms with van der Waals surface area (Å²) >= 11 is 0. The summed E-state index contributed by atoms with van der Waals surface area (Å²) in [4.78, 5) is 24.3. The molecule has 1 aliphatic carbocycles. The molecule has 1 N–H and O–H groups in total. The van der Waals surface area contributed by atoms with Gasteiger partial charge in [0.15, 0.2) is 6.61 Å². The van der Waals surface area contributed by atoms with Gasteiger partial charge in [-0.05, 0) is 55.5 Å². The number of hydrogen-bond acceptors (Lipinski definition) is 4. The summed E-state index contributed by atoms with van der Waals surface area (Å²) in [6, 6.07) is 9.65. The van der Waals surface area contributed by atoms with Crippen LogP contribution in [0.25, 0.3) is 11.0 Å². The molecule has 0 fully saturated rings. The van der Waals surface area contributed by atoms with Crippen molar-refractivity contribution in [2.75, 3.05) is 11.9 Å². The predicted octanol–water partition coefficient (Wildman–Crippen LogP) is 4.71. The van der Waals surface area contributed by atoms with E-state index in [1.54, 1.807) is 12.1 Å². The molecular weight excluding hydrogens is 399 g/mol. The van der Waals surface area contributed by atoms with Gasteiger partial charge in [0.2, 0.25) is 0 Å². The second kappa shape index (κ2) is 7.85. The van der Waals surface area contributed by atoms with Crippen LogP contribution in [0.5, 0.6) is 5.75 Å². The average molecular weight is 417 g/mol. The number of fused-ring (bicyclic) bond motifs is 3. The van der Waals surface area contributed by atoms with Gasteiger partial charge in [0.25, 0.3) is 5.91 Å². The highest BCUT2D eigenvalue weighted by molar-refractivity contribution is 5.92. The molecule has 0 saturated carbocycles. The van der Waals surface area contributed by atoms with Crippen molar-refractivity contribution < 1.29 is 27.1 Å². The van der Waals surface area contributed by atoms with E-state index in [1.807, 2.05) is 0 Å². The number of rotatable bonds is 4. The van der Waals surface area contributed by atoms with Crippen molar-refractivity contribution in [1.82, 2.24) is 0 Å². The lowest BCUT2D eigenvalue weighted by atomic mass is 9.91. The Balaban J connectivity index is 1.49. The number of benzene rings is 2. The van der Waals surface area contributed by atoms with E-state index in [-0.39, 0.29) is 17.1 Å². The molecule has 0 radical (unpaired) electrons. The number of halogens is 3. The Labute approximate surface area is 169 Å². The third-order valence-electron chi connectivity index (χ3n) is 5.07. The molecule has 0 unspecified atom stereocenters. The van der Waals surface area contributed by atoms with Crippen LogP contribution in [-0.4, -0.2) is 12.5 Å². The van der Waals surface area contributed by atoms with Crippen LogP contribution in [0, 0.1) is 0 Å². The quantitative estimate of drug-likeness (QED) is 0.625. The van der Waals surface area contributed by atoms with Crippen LogP contribution in [0.1, 0.15) is 29.5 Å². The fourth-order valence-electron chi connectivity index (χ4n) is 3.69. The Morgan fingerprint density at radius 2 is 1.80 bits per heavy atom. The Morgan fingerprint density at radius 1 is 1.07 bits per heavy atom. The summed E-state index contributed by atoms with van der Waals surface area (Å²) in [7, 11) is 0. The normalized spacial score (nSPS) is 13.7. The second-order valence-corrected chi connectivity index (χ2v) is 7.09. The van der Waals surface area contributed by atoms with Crippen LogP contribution in [-0.2, 0) is 23.8 Å². The molecule has 0 spiro atoms. The van der Waals surface area contributed by atoms with E-state index in [4.69, 9.17) is 9.15 Å². The number of carbonyl (C=O) groups excluding carboxylic acids is 1. The minimum Gasteiger partial charge on any atom is -0.484 e. The van der Waals surface area contributed by atoms with Crippen LogP contribution < -0.4 is 15.7 Å². The van der Waals surface area contributed by atoms with Crippen molar-refractivity contribution in [1.29, 1.82) is 0 Å². The van der Waals surface area contributed by atoms with Gasteiger partial charge in [0.05, 0.1) is 11.3 Å². The van der Waals surface area contributed by atoms with Crippen molar-refractivity contribution >= 4 is 22.6 Å². The summed E-state index contributed by atoms with van der Waals surface area (Å²) < 4.78 is 49.9. The number of hydrogen-bond donors (Lipinski definition) is 1. The lowest BCUT2D eigenvalue weighted by Gasteiger charge is -2.16. The van der Waals surface area contributed by atoms with Gasteiger partial charge in [0.1, 0.15) is 11.3 Å². The first-order chi connectivity index (χ1) is 14.3. The van der Waals surface area contributed by atoms with Gasteiger partial charge >= 0.3 is 11.8 Å². The number of anilines is 1. The molecule has 0 aliphatic heterocycles. The number of aryl methyl sites for hydroxylation is 1. The lowest BCUT2D eigenvalue weighted by Crippen LogP contribution is -2.22. The van der Waals surface area contributed by atoms with E-state index >= 15 is 0 Å². The molecule has 8 heteroatoms. The smallest absolute Gasteiger partial charge is 0.418 e. The molecule has 5 nitrogen and oxygen atoms in total. The van der Waals surface area contributed by atoms with E-state index in [0.717, 1.165) is 36.3 Å². The summed E-state index contributed by atoms with van der Waals surface area (Å²) in [5.74, 6) is -0.459. The zero-order valence-corrected chi connectivity index (χ0v) is 15.8. The van der Waals surface area contributed by atoms with Gasteiger partial charge in [0, 0.05) is 17.0 Å². The maximum absolute atomic E-state index is 13.0. The molecule has 1 amide bonds. The fraction of sp³-hybridized carbons (Fsp3) is 0.273. The summed E-state index contributed by atoms with van der Waals surface area (Å²) in [6.45, 7) is -0.493. The monoisotopic (exact) mass is 417 g/mol. The molecule has 1 aliphatic rings. The van der Waals surface area contributed by atoms with Gasteiger partial charge in [-0.2, -0.15) is 13.2 Å². The number of ether oxygens (including phenoxy) is 1. The van der Waals surface area contributed by atoms with Crippen LogP contribution in [0.3, 0.4) is 0 Å². The standard InChI is InChI=1S/C22H18F3NO4/c23-22(24,25)17-7-3-4-8-18(17)26-20(27)12-29-13-9-10-15-14-5-1-2-6-16(14)21(28)30-19(15)11-13/h3-4,7-11H,1-2,5-6,12H2,(H,26,27). The largest absolute Gasteiger partial charge is 0.484 e. The summed E-state index contributed by atoms with van der Waals surface area (Å²) in [5.41, 5.74) is 0.424. The molecule has 1 aromatic heterocycles.